The van der Waals surface area contributed by atoms with Crippen LogP contribution in [0.3, 0.4) is 0 Å². The first-order chi connectivity index (χ1) is 12.7. The standard InChI is InChI=1S/C22H17NO3/c1-25-21-17-10-8-15-16(20(17)23-22(21)26-2)9-7-14-13-6-4-3-5-12(13)11-18(24)19(14)15/h3-11,23-24H,1-2H3. The highest BCUT2D eigenvalue weighted by molar-refractivity contribution is 6.24. The van der Waals surface area contributed by atoms with Crippen molar-refractivity contribution in [1.29, 1.82) is 0 Å². The Morgan fingerprint density at radius 1 is 0.769 bits per heavy atom. The second-order valence-corrected chi connectivity index (χ2v) is 6.38. The Balaban J connectivity index is 1.99. The molecule has 0 amide bonds. The van der Waals surface area contributed by atoms with E-state index in [0.717, 1.165) is 43.2 Å². The van der Waals surface area contributed by atoms with E-state index < -0.39 is 0 Å². The first-order valence-electron chi connectivity index (χ1n) is 8.42. The number of aromatic amines is 1. The number of phenolic OH excluding ortho intramolecular Hbond substituents is 1. The van der Waals surface area contributed by atoms with Crippen LogP contribution >= 0.6 is 0 Å². The van der Waals surface area contributed by atoms with Crippen molar-refractivity contribution < 1.29 is 14.6 Å². The lowest BCUT2D eigenvalue weighted by Crippen LogP contribution is -1.86. The van der Waals surface area contributed by atoms with E-state index in [-0.39, 0.29) is 5.75 Å². The molecule has 0 fully saturated rings. The van der Waals surface area contributed by atoms with Crippen LogP contribution in [0.25, 0.3) is 43.2 Å². The van der Waals surface area contributed by atoms with Gasteiger partial charge in [-0.25, -0.2) is 0 Å². The zero-order valence-electron chi connectivity index (χ0n) is 14.5. The predicted molar refractivity (Wildman–Crippen MR) is 106 cm³/mol. The first kappa shape index (κ1) is 14.9. The molecule has 4 aromatic carbocycles. The number of aromatic nitrogens is 1. The van der Waals surface area contributed by atoms with Crippen LogP contribution < -0.4 is 9.47 Å². The van der Waals surface area contributed by atoms with E-state index in [4.69, 9.17) is 9.47 Å². The molecule has 0 aliphatic carbocycles. The maximum absolute atomic E-state index is 10.7. The summed E-state index contributed by atoms with van der Waals surface area (Å²) < 4.78 is 10.9. The van der Waals surface area contributed by atoms with Crippen LogP contribution in [0.4, 0.5) is 0 Å². The molecule has 4 heteroatoms. The molecule has 0 spiro atoms. The van der Waals surface area contributed by atoms with E-state index >= 15 is 0 Å². The lowest BCUT2D eigenvalue weighted by atomic mass is 9.95. The van der Waals surface area contributed by atoms with Crippen molar-refractivity contribution in [1.82, 2.24) is 4.98 Å². The largest absolute Gasteiger partial charge is 0.507 e. The van der Waals surface area contributed by atoms with Gasteiger partial charge < -0.3 is 19.6 Å². The van der Waals surface area contributed by atoms with Gasteiger partial charge in [-0.05, 0) is 33.7 Å². The average molecular weight is 343 g/mol. The van der Waals surface area contributed by atoms with Crippen LogP contribution in [0.15, 0.2) is 54.6 Å². The molecular weight excluding hydrogens is 326 g/mol. The van der Waals surface area contributed by atoms with Crippen LogP contribution in [0.1, 0.15) is 0 Å². The molecule has 0 radical (unpaired) electrons. The molecule has 1 aromatic heterocycles. The average Bonchev–Trinajstić information content (AvgIpc) is 3.05. The molecule has 128 valence electrons. The van der Waals surface area contributed by atoms with Gasteiger partial charge in [0.2, 0.25) is 5.88 Å². The fourth-order valence-electron chi connectivity index (χ4n) is 3.96. The minimum atomic E-state index is 0.286. The number of fused-ring (bicyclic) bond motifs is 7. The van der Waals surface area contributed by atoms with Crippen LogP contribution in [0.5, 0.6) is 17.4 Å². The Kier molecular flexibility index (Phi) is 3.04. The van der Waals surface area contributed by atoms with E-state index in [0.29, 0.717) is 11.6 Å². The summed E-state index contributed by atoms with van der Waals surface area (Å²) in [6, 6.07) is 18.1. The molecule has 0 aliphatic rings. The molecule has 5 rings (SSSR count). The van der Waals surface area contributed by atoms with Gasteiger partial charge in [0, 0.05) is 16.2 Å². The zero-order chi connectivity index (χ0) is 17.8. The fourth-order valence-corrected chi connectivity index (χ4v) is 3.96. The van der Waals surface area contributed by atoms with Gasteiger partial charge in [-0.15, -0.1) is 0 Å². The third kappa shape index (κ3) is 1.84. The fraction of sp³-hybridized carbons (Fsp3) is 0.0909. The molecule has 0 atom stereocenters. The lowest BCUT2D eigenvalue weighted by Gasteiger charge is -2.10. The summed E-state index contributed by atoms with van der Waals surface area (Å²) >= 11 is 0. The van der Waals surface area contributed by atoms with Crippen molar-refractivity contribution in [2.24, 2.45) is 0 Å². The molecule has 2 N–H and O–H groups in total. The summed E-state index contributed by atoms with van der Waals surface area (Å²) in [5, 5.41) is 17.7. The van der Waals surface area contributed by atoms with E-state index in [1.165, 1.54) is 0 Å². The van der Waals surface area contributed by atoms with Crippen molar-refractivity contribution in [2.45, 2.75) is 0 Å². The number of methoxy groups -OCH3 is 2. The summed E-state index contributed by atoms with van der Waals surface area (Å²) in [5.41, 5.74) is 0.936. The number of ether oxygens (including phenoxy) is 2. The van der Waals surface area contributed by atoms with E-state index in [2.05, 4.69) is 23.2 Å². The highest BCUT2D eigenvalue weighted by Gasteiger charge is 2.17. The van der Waals surface area contributed by atoms with E-state index in [1.807, 2.05) is 36.4 Å². The topological polar surface area (TPSA) is 54.5 Å². The number of aromatic hydroxyl groups is 1. The van der Waals surface area contributed by atoms with E-state index in [9.17, 15) is 5.11 Å². The summed E-state index contributed by atoms with van der Waals surface area (Å²) in [6.07, 6.45) is 0. The predicted octanol–water partition coefficient (Wildman–Crippen LogP) is 5.35. The van der Waals surface area contributed by atoms with Crippen molar-refractivity contribution in [3.8, 4) is 17.4 Å². The van der Waals surface area contributed by atoms with Crippen molar-refractivity contribution in [3.05, 3.63) is 54.6 Å². The second-order valence-electron chi connectivity index (χ2n) is 6.38. The Labute approximate surface area is 149 Å². The Hall–Kier alpha value is -3.40. The number of phenols is 1. The minimum Gasteiger partial charge on any atom is -0.507 e. The Morgan fingerprint density at radius 2 is 1.46 bits per heavy atom. The molecule has 1 heterocycles. The molecule has 0 bridgehead atoms. The summed E-state index contributed by atoms with van der Waals surface area (Å²) in [4.78, 5) is 3.30. The number of nitrogens with one attached hydrogen (secondary N) is 1. The molecular formula is C22H17NO3. The molecule has 0 aliphatic heterocycles. The van der Waals surface area contributed by atoms with Crippen LogP contribution in [-0.2, 0) is 0 Å². The smallest absolute Gasteiger partial charge is 0.235 e. The highest BCUT2D eigenvalue weighted by atomic mass is 16.5. The number of rotatable bonds is 2. The number of H-pyrrole nitrogens is 1. The summed E-state index contributed by atoms with van der Waals surface area (Å²) in [6.45, 7) is 0. The summed E-state index contributed by atoms with van der Waals surface area (Å²) in [7, 11) is 3.25. The number of benzene rings is 4. The number of hydrogen-bond donors (Lipinski definition) is 2. The zero-order valence-corrected chi connectivity index (χ0v) is 14.5. The Bertz CT molecular complexity index is 1320. The first-order valence-corrected chi connectivity index (χ1v) is 8.42. The van der Waals surface area contributed by atoms with Gasteiger partial charge in [-0.2, -0.15) is 0 Å². The van der Waals surface area contributed by atoms with Crippen LogP contribution in [-0.4, -0.2) is 24.3 Å². The molecule has 0 saturated carbocycles. The molecule has 5 aromatic rings. The third-order valence-corrected chi connectivity index (χ3v) is 5.10. The lowest BCUT2D eigenvalue weighted by molar-refractivity contribution is 0.351. The maximum atomic E-state index is 10.7. The quantitative estimate of drug-likeness (QED) is 0.425. The normalized spacial score (nSPS) is 11.6. The van der Waals surface area contributed by atoms with Gasteiger partial charge >= 0.3 is 0 Å². The Morgan fingerprint density at radius 3 is 2.23 bits per heavy atom. The van der Waals surface area contributed by atoms with Gasteiger partial charge in [0.1, 0.15) is 5.75 Å². The van der Waals surface area contributed by atoms with Crippen molar-refractivity contribution in [2.75, 3.05) is 14.2 Å². The van der Waals surface area contributed by atoms with Gasteiger partial charge in [0.25, 0.3) is 0 Å². The summed E-state index contributed by atoms with van der Waals surface area (Å²) in [5.74, 6) is 1.57. The van der Waals surface area contributed by atoms with Gasteiger partial charge in [0.05, 0.1) is 19.7 Å². The monoisotopic (exact) mass is 343 g/mol. The van der Waals surface area contributed by atoms with Crippen molar-refractivity contribution >= 4 is 43.2 Å². The number of hydrogen-bond acceptors (Lipinski definition) is 3. The van der Waals surface area contributed by atoms with Gasteiger partial charge in [0.15, 0.2) is 5.75 Å². The van der Waals surface area contributed by atoms with Crippen LogP contribution in [0.2, 0.25) is 0 Å². The molecule has 4 nitrogen and oxygen atoms in total. The van der Waals surface area contributed by atoms with Crippen molar-refractivity contribution in [3.63, 3.8) is 0 Å². The third-order valence-electron chi connectivity index (χ3n) is 5.10. The SMILES string of the molecule is COc1[nH]c2c(ccc3c2ccc2c4ccccc4cc(O)c23)c1OC. The van der Waals surface area contributed by atoms with Crippen LogP contribution in [0, 0.1) is 0 Å². The second kappa shape index (κ2) is 5.30. The van der Waals surface area contributed by atoms with E-state index in [1.54, 1.807) is 14.2 Å². The highest BCUT2D eigenvalue weighted by Crippen LogP contribution is 2.43. The molecule has 0 unspecified atom stereocenters. The van der Waals surface area contributed by atoms with Gasteiger partial charge in [-0.1, -0.05) is 42.5 Å². The minimum absolute atomic E-state index is 0.286. The van der Waals surface area contributed by atoms with Gasteiger partial charge in [-0.3, -0.25) is 0 Å². The maximum Gasteiger partial charge on any atom is 0.235 e. The molecule has 0 saturated heterocycles. The molecule has 26 heavy (non-hydrogen) atoms.